The first-order valence-electron chi connectivity index (χ1n) is 12.9. The van der Waals surface area contributed by atoms with E-state index in [9.17, 15) is 14.3 Å². The number of allylic oxidation sites excluding steroid dienone is 1. The van der Waals surface area contributed by atoms with Crippen molar-refractivity contribution < 1.29 is 18.8 Å². The molecule has 1 aliphatic rings. The Balaban J connectivity index is 1.31. The van der Waals surface area contributed by atoms with E-state index in [4.69, 9.17) is 16.1 Å². The first-order chi connectivity index (χ1) is 19.4. The van der Waals surface area contributed by atoms with Crippen molar-refractivity contribution in [2.75, 3.05) is 18.1 Å². The van der Waals surface area contributed by atoms with Gasteiger partial charge in [-0.1, -0.05) is 41.6 Å². The summed E-state index contributed by atoms with van der Waals surface area (Å²) >= 11 is 0. The van der Waals surface area contributed by atoms with Gasteiger partial charge in [-0.05, 0) is 55.8 Å². The second-order valence-electron chi connectivity index (χ2n) is 9.71. The quantitative estimate of drug-likeness (QED) is 0.210. The minimum Gasteiger partial charge on any atom is -0.481 e. The van der Waals surface area contributed by atoms with E-state index in [-0.39, 0.29) is 23.9 Å². The van der Waals surface area contributed by atoms with Gasteiger partial charge >= 0.3 is 5.97 Å². The summed E-state index contributed by atoms with van der Waals surface area (Å²) in [6.07, 6.45) is 4.63. The van der Waals surface area contributed by atoms with Crippen LogP contribution in [-0.4, -0.2) is 44.2 Å². The molecule has 5 N–H and O–H groups in total. The van der Waals surface area contributed by atoms with E-state index in [2.05, 4.69) is 20.0 Å². The fourth-order valence-electron chi connectivity index (χ4n) is 4.80. The average Bonchev–Trinajstić information content (AvgIpc) is 3.43. The highest BCUT2D eigenvalue weighted by Gasteiger charge is 2.24. The number of carboxylic acid groups (broad SMARTS) is 1. The lowest BCUT2D eigenvalue weighted by molar-refractivity contribution is -0.143. The number of benzene rings is 2. The van der Waals surface area contributed by atoms with Crippen LogP contribution in [0.15, 0.2) is 83.3 Å². The van der Waals surface area contributed by atoms with Gasteiger partial charge in [0.15, 0.2) is 0 Å². The van der Waals surface area contributed by atoms with Crippen molar-refractivity contribution in [2.24, 2.45) is 17.5 Å². The van der Waals surface area contributed by atoms with Crippen LogP contribution in [-0.2, 0) is 17.8 Å². The molecule has 0 unspecified atom stereocenters. The van der Waals surface area contributed by atoms with Crippen LogP contribution in [0, 0.1) is 11.7 Å². The van der Waals surface area contributed by atoms with Crippen LogP contribution in [0.2, 0.25) is 0 Å². The lowest BCUT2D eigenvalue weighted by Crippen LogP contribution is -2.35. The Bertz CT molecular complexity index is 1480. The first-order valence-corrected chi connectivity index (χ1v) is 12.9. The number of likely N-dealkylation sites (tertiary alicyclic amines) is 1. The van der Waals surface area contributed by atoms with E-state index < -0.39 is 11.8 Å². The van der Waals surface area contributed by atoms with Gasteiger partial charge in [0.05, 0.1) is 23.7 Å². The molecule has 206 valence electrons. The molecule has 3 heterocycles. The second-order valence-corrected chi connectivity index (χ2v) is 9.71. The Morgan fingerprint density at radius 2 is 1.77 bits per heavy atom. The van der Waals surface area contributed by atoms with Crippen LogP contribution in [0.1, 0.15) is 29.9 Å². The Labute approximate surface area is 230 Å². The van der Waals surface area contributed by atoms with Gasteiger partial charge in [-0.2, -0.15) is 4.98 Å². The Kier molecular flexibility index (Phi) is 8.13. The standard InChI is InChI=1S/C29H30FN7O3/c30-23-3-1-2-4-25(23)37(32)27(20-9-13-33-14-10-20)24(31)17-26-34-28(35-40-26)21-7-5-19(6-8-21)18-36-15-11-22(12-16-36)29(38)39/h1-10,13-14,22H,11-12,15-18,31-32H2,(H,38,39)/b27-24-. The number of piperidine rings is 1. The molecule has 40 heavy (non-hydrogen) atoms. The molecular weight excluding hydrogens is 513 g/mol. The number of hydrogen-bond acceptors (Lipinski definition) is 9. The number of rotatable bonds is 9. The molecule has 1 fully saturated rings. The maximum absolute atomic E-state index is 14.5. The van der Waals surface area contributed by atoms with Crippen LogP contribution in [0.4, 0.5) is 10.1 Å². The van der Waals surface area contributed by atoms with Crippen molar-refractivity contribution in [3.8, 4) is 11.4 Å². The smallest absolute Gasteiger partial charge is 0.306 e. The van der Waals surface area contributed by atoms with Gasteiger partial charge in [0.2, 0.25) is 11.7 Å². The molecule has 2 aromatic heterocycles. The van der Waals surface area contributed by atoms with Gasteiger partial charge in [0.25, 0.3) is 0 Å². The number of pyridine rings is 1. The number of aromatic nitrogens is 3. The summed E-state index contributed by atoms with van der Waals surface area (Å²) in [7, 11) is 0. The van der Waals surface area contributed by atoms with Gasteiger partial charge in [0, 0.05) is 35.8 Å². The van der Waals surface area contributed by atoms with Crippen LogP contribution in [0.5, 0.6) is 0 Å². The molecule has 1 saturated heterocycles. The fraction of sp³-hybridized carbons (Fsp3) is 0.241. The number of aliphatic carboxylic acids is 1. The number of nitrogens with two attached hydrogens (primary N) is 2. The third-order valence-electron chi connectivity index (χ3n) is 6.98. The number of hydrazine groups is 1. The van der Waals surface area contributed by atoms with E-state index in [1.165, 1.54) is 11.1 Å². The zero-order valence-electron chi connectivity index (χ0n) is 21.8. The first kappa shape index (κ1) is 27.0. The van der Waals surface area contributed by atoms with E-state index >= 15 is 0 Å². The van der Waals surface area contributed by atoms with Crippen LogP contribution < -0.4 is 16.6 Å². The highest BCUT2D eigenvalue weighted by atomic mass is 19.1. The van der Waals surface area contributed by atoms with E-state index in [1.54, 1.807) is 42.7 Å². The lowest BCUT2D eigenvalue weighted by Gasteiger charge is -2.30. The average molecular weight is 544 g/mol. The third-order valence-corrected chi connectivity index (χ3v) is 6.98. The molecule has 11 heteroatoms. The summed E-state index contributed by atoms with van der Waals surface area (Å²) in [5.74, 6) is 5.62. The minimum atomic E-state index is -0.709. The third kappa shape index (κ3) is 6.16. The van der Waals surface area contributed by atoms with Gasteiger partial charge in [-0.25, -0.2) is 10.2 Å². The summed E-state index contributed by atoms with van der Waals surface area (Å²) in [4.78, 5) is 22.0. The largest absolute Gasteiger partial charge is 0.481 e. The molecule has 1 aliphatic heterocycles. The molecule has 0 amide bonds. The Morgan fingerprint density at radius 3 is 2.45 bits per heavy atom. The lowest BCUT2D eigenvalue weighted by atomic mass is 9.97. The highest BCUT2D eigenvalue weighted by Crippen LogP contribution is 2.28. The second kappa shape index (κ2) is 12.1. The van der Waals surface area contributed by atoms with E-state index in [0.717, 1.165) is 30.8 Å². The van der Waals surface area contributed by atoms with E-state index in [0.29, 0.717) is 35.6 Å². The molecule has 0 atom stereocenters. The summed E-state index contributed by atoms with van der Waals surface area (Å²) in [6, 6.07) is 17.5. The van der Waals surface area contributed by atoms with Crippen molar-refractivity contribution in [3.05, 3.63) is 102 Å². The molecule has 5 rings (SSSR count). The number of anilines is 1. The summed E-state index contributed by atoms with van der Waals surface area (Å²) in [6.45, 7) is 2.28. The van der Waals surface area contributed by atoms with Crippen molar-refractivity contribution >= 4 is 17.4 Å². The Morgan fingerprint density at radius 1 is 1.07 bits per heavy atom. The van der Waals surface area contributed by atoms with Crippen LogP contribution >= 0.6 is 0 Å². The zero-order valence-corrected chi connectivity index (χ0v) is 21.8. The molecule has 0 aliphatic carbocycles. The maximum Gasteiger partial charge on any atom is 0.306 e. The van der Waals surface area contributed by atoms with Crippen LogP contribution in [0.25, 0.3) is 17.1 Å². The fourth-order valence-corrected chi connectivity index (χ4v) is 4.80. The summed E-state index contributed by atoms with van der Waals surface area (Å²) in [5.41, 5.74) is 9.93. The normalized spacial score (nSPS) is 15.1. The van der Waals surface area contributed by atoms with Crippen molar-refractivity contribution in [1.82, 2.24) is 20.0 Å². The molecule has 2 aromatic carbocycles. The van der Waals surface area contributed by atoms with Crippen molar-refractivity contribution in [3.63, 3.8) is 0 Å². The predicted octanol–water partition coefficient (Wildman–Crippen LogP) is 3.82. The highest BCUT2D eigenvalue weighted by molar-refractivity contribution is 5.80. The van der Waals surface area contributed by atoms with Gasteiger partial charge < -0.3 is 15.4 Å². The number of para-hydroxylation sites is 1. The van der Waals surface area contributed by atoms with Crippen LogP contribution in [0.3, 0.4) is 0 Å². The van der Waals surface area contributed by atoms with Gasteiger partial charge in [-0.3, -0.25) is 19.7 Å². The van der Waals surface area contributed by atoms with E-state index in [1.807, 2.05) is 24.3 Å². The number of carboxylic acids is 1. The van der Waals surface area contributed by atoms with Crippen molar-refractivity contribution in [2.45, 2.75) is 25.8 Å². The minimum absolute atomic E-state index is 0.0944. The zero-order chi connectivity index (χ0) is 28.1. The number of hydrogen-bond donors (Lipinski definition) is 3. The summed E-state index contributed by atoms with van der Waals surface area (Å²) < 4.78 is 20.0. The number of carbonyl (C=O) groups is 1. The SMILES string of the molecule is N/C(Cc1nc(-c2ccc(CN3CCC(C(=O)O)CC3)cc2)no1)=C(/c1ccncc1)N(N)c1ccccc1F. The number of nitrogens with zero attached hydrogens (tertiary/aromatic N) is 5. The molecule has 4 aromatic rings. The molecule has 0 saturated carbocycles. The van der Waals surface area contributed by atoms with Crippen molar-refractivity contribution in [1.29, 1.82) is 0 Å². The predicted molar refractivity (Wildman–Crippen MR) is 147 cm³/mol. The van der Waals surface area contributed by atoms with Gasteiger partial charge in [-0.15, -0.1) is 0 Å². The Hall–Kier alpha value is -4.61. The number of halogens is 1. The van der Waals surface area contributed by atoms with Gasteiger partial charge in [0.1, 0.15) is 5.82 Å². The molecule has 10 nitrogen and oxygen atoms in total. The molecule has 0 radical (unpaired) electrons. The monoisotopic (exact) mass is 543 g/mol. The molecule has 0 bridgehead atoms. The topological polar surface area (TPSA) is 148 Å². The summed E-state index contributed by atoms with van der Waals surface area (Å²) in [5, 5.41) is 14.5. The maximum atomic E-state index is 14.5. The molecule has 0 spiro atoms. The molecular formula is C29H30FN7O3.